The summed E-state index contributed by atoms with van der Waals surface area (Å²) >= 11 is 0. The van der Waals surface area contributed by atoms with Crippen molar-refractivity contribution in [2.45, 2.75) is 105 Å². The van der Waals surface area contributed by atoms with Gasteiger partial charge in [-0.15, -0.1) is 0 Å². The smallest absolute Gasteiger partial charge is 0.331 e. The third-order valence-electron chi connectivity index (χ3n) is 11.5. The second-order valence-corrected chi connectivity index (χ2v) is 16.0. The van der Waals surface area contributed by atoms with E-state index in [1.807, 2.05) is 0 Å². The first-order valence-electron chi connectivity index (χ1n) is 20.8. The van der Waals surface area contributed by atoms with Crippen molar-refractivity contribution >= 4 is 18.1 Å². The quantitative estimate of drug-likeness (QED) is 0.0640. The van der Waals surface area contributed by atoms with E-state index in [0.717, 1.165) is 12.1 Å². The highest BCUT2D eigenvalue weighted by atomic mass is 16.7. The van der Waals surface area contributed by atoms with Crippen LogP contribution in [0.15, 0.2) is 60.4 Å². The van der Waals surface area contributed by atoms with Crippen molar-refractivity contribution in [3.8, 4) is 40.2 Å². The number of hydrogen-bond acceptors (Lipinski definition) is 23. The molecule has 12 N–H and O–H groups in total. The number of phenols is 3. The highest BCUT2D eigenvalue weighted by Gasteiger charge is 2.50. The van der Waals surface area contributed by atoms with Crippen LogP contribution in [-0.2, 0) is 33.2 Å². The van der Waals surface area contributed by atoms with E-state index in [4.69, 9.17) is 47.4 Å². The summed E-state index contributed by atoms with van der Waals surface area (Å²) in [5.74, 6) is -2.36. The Morgan fingerprint density at radius 1 is 0.672 bits per heavy atom. The van der Waals surface area contributed by atoms with Crippen LogP contribution < -0.4 is 18.9 Å². The van der Waals surface area contributed by atoms with Crippen LogP contribution in [0, 0.1) is 0 Å². The molecule has 4 heterocycles. The molecule has 0 amide bonds. The minimum Gasteiger partial charge on any atom is -0.508 e. The number of esters is 1. The lowest BCUT2D eigenvalue weighted by Crippen LogP contribution is -2.61. The Labute approximate surface area is 380 Å². The average Bonchev–Trinajstić information content (AvgIpc) is 3.31. The maximum Gasteiger partial charge on any atom is 0.331 e. The predicted octanol–water partition coefficient (Wildman–Crippen LogP) is -1.59. The van der Waals surface area contributed by atoms with Crippen LogP contribution in [0.5, 0.6) is 40.2 Å². The van der Waals surface area contributed by atoms with Gasteiger partial charge in [0.25, 0.3) is 0 Å². The van der Waals surface area contributed by atoms with Crippen LogP contribution in [0.25, 0.3) is 12.2 Å². The summed E-state index contributed by atoms with van der Waals surface area (Å²) in [6.45, 7) is 0.0197. The van der Waals surface area contributed by atoms with Gasteiger partial charge in [-0.05, 0) is 48.9 Å². The van der Waals surface area contributed by atoms with E-state index in [0.29, 0.717) is 5.56 Å². The van der Waals surface area contributed by atoms with E-state index in [1.165, 1.54) is 63.6 Å². The molecule has 0 spiro atoms. The minimum absolute atomic E-state index is 0.00190. The van der Waals surface area contributed by atoms with Crippen LogP contribution in [0.1, 0.15) is 29.7 Å². The lowest BCUT2D eigenvalue weighted by molar-refractivity contribution is -0.325. The number of hydrogen-bond donors (Lipinski definition) is 12. The molecular formula is C44H52O23. The van der Waals surface area contributed by atoms with Crippen molar-refractivity contribution in [3.63, 3.8) is 0 Å². The predicted molar refractivity (Wildman–Crippen MR) is 222 cm³/mol. The largest absolute Gasteiger partial charge is 0.508 e. The van der Waals surface area contributed by atoms with E-state index < -0.39 is 123 Å². The van der Waals surface area contributed by atoms with Crippen molar-refractivity contribution in [2.24, 2.45) is 0 Å². The summed E-state index contributed by atoms with van der Waals surface area (Å²) in [7, 11) is 2.55. The number of aliphatic hydroxyl groups is 9. The molecule has 0 aromatic heterocycles. The first kappa shape index (κ1) is 49.4. The van der Waals surface area contributed by atoms with Gasteiger partial charge >= 0.3 is 5.97 Å². The molecule has 3 saturated heterocycles. The molecule has 23 nitrogen and oxygen atoms in total. The number of methoxy groups -OCH3 is 2. The Bertz CT molecular complexity index is 2230. The van der Waals surface area contributed by atoms with Gasteiger partial charge in [0.1, 0.15) is 89.8 Å². The summed E-state index contributed by atoms with van der Waals surface area (Å²) in [5.41, 5.74) is 0.747. The monoisotopic (exact) mass is 948 g/mol. The topological polar surface area (TPSA) is 352 Å². The van der Waals surface area contributed by atoms with E-state index in [2.05, 4.69) is 0 Å². The zero-order chi connectivity index (χ0) is 48.4. The molecule has 0 saturated carbocycles. The first-order chi connectivity index (χ1) is 31.9. The molecule has 16 atom stereocenters. The zero-order valence-electron chi connectivity index (χ0n) is 35.9. The number of aliphatic hydroxyl groups excluding tert-OH is 9. The molecule has 0 radical (unpaired) electrons. The van der Waals surface area contributed by atoms with Crippen LogP contribution in [0.4, 0.5) is 0 Å². The fourth-order valence-electron chi connectivity index (χ4n) is 7.71. The van der Waals surface area contributed by atoms with E-state index in [1.54, 1.807) is 12.1 Å². The number of phenolic OH excluding ortho intramolecular Hbond substituents is 3. The van der Waals surface area contributed by atoms with Crippen molar-refractivity contribution in [3.05, 3.63) is 77.1 Å². The molecule has 67 heavy (non-hydrogen) atoms. The minimum atomic E-state index is -1.97. The number of ether oxygens (including phenoxy) is 10. The normalized spacial score (nSPS) is 34.1. The average molecular weight is 949 g/mol. The second-order valence-electron chi connectivity index (χ2n) is 16.0. The van der Waals surface area contributed by atoms with Crippen molar-refractivity contribution in [2.75, 3.05) is 27.4 Å². The molecule has 0 bridgehead atoms. The zero-order valence-corrected chi connectivity index (χ0v) is 35.9. The summed E-state index contributed by atoms with van der Waals surface area (Å²) < 4.78 is 57.3. The Morgan fingerprint density at radius 2 is 1.27 bits per heavy atom. The number of benzene rings is 3. The van der Waals surface area contributed by atoms with Gasteiger partial charge in [-0.3, -0.25) is 0 Å². The van der Waals surface area contributed by atoms with Crippen molar-refractivity contribution < 1.29 is 113 Å². The second kappa shape index (κ2) is 20.8. The molecule has 3 aromatic rings. The Morgan fingerprint density at radius 3 is 1.90 bits per heavy atom. The van der Waals surface area contributed by atoms with Gasteiger partial charge in [-0.25, -0.2) is 4.79 Å². The third-order valence-corrected chi connectivity index (χ3v) is 11.5. The standard InChI is InChI=1S/C44H52O23/c1-17-40(67-30(48)9-6-18-4-7-20(46)8-5-18)36(54)39(57)42(61-17)60-16-29-33(51)35(53)38(56)44(66-29)64-27-14-22-23(62-41(27)19-10-25(58-2)31(49)26(11-19)59-3)12-21(47)13-24(22)63-43-37(55)34(52)32(50)28(15-45)65-43/h4-14,17,28-29,32-47,49-57H,15-16H2,1-3H3. The highest BCUT2D eigenvalue weighted by molar-refractivity contribution is 5.87. The highest BCUT2D eigenvalue weighted by Crippen LogP contribution is 2.48. The summed E-state index contributed by atoms with van der Waals surface area (Å²) in [4.78, 5) is 12.6. The molecular weight excluding hydrogens is 896 g/mol. The summed E-state index contributed by atoms with van der Waals surface area (Å²) in [6.07, 6.45) is -22.8. The number of carbonyl (C=O) groups is 1. The van der Waals surface area contributed by atoms with Gasteiger partial charge < -0.3 is 109 Å². The maximum atomic E-state index is 12.6. The number of fused-ring (bicyclic) bond motifs is 1. The molecule has 4 aliphatic heterocycles. The molecule has 23 heteroatoms. The molecule has 16 unspecified atom stereocenters. The van der Waals surface area contributed by atoms with Gasteiger partial charge in [0.2, 0.25) is 18.3 Å². The fraction of sp³-hybridized carbons (Fsp3) is 0.477. The SMILES string of the molecule is COc1cc(C2Oc3cc(O)cc(OC4OC(CO)C(O)C(O)C4O)c3C=C2OC2OC(COC3OC(C)C(OC(=O)C=Cc4ccc(O)cc4)C(O)C3O)C(O)C(O)C2O)cc(OC)c1O. The van der Waals surface area contributed by atoms with Gasteiger partial charge in [0.15, 0.2) is 30.0 Å². The van der Waals surface area contributed by atoms with Gasteiger partial charge in [-0.1, -0.05) is 12.1 Å². The van der Waals surface area contributed by atoms with Crippen LogP contribution in [0.2, 0.25) is 0 Å². The number of carbonyl (C=O) groups excluding carboxylic acids is 1. The van der Waals surface area contributed by atoms with Crippen molar-refractivity contribution in [1.82, 2.24) is 0 Å². The first-order valence-corrected chi connectivity index (χ1v) is 20.8. The summed E-state index contributed by atoms with van der Waals surface area (Å²) in [6, 6.07) is 10.9. The molecule has 3 aromatic carbocycles. The van der Waals surface area contributed by atoms with Crippen molar-refractivity contribution in [1.29, 1.82) is 0 Å². The fourth-order valence-corrected chi connectivity index (χ4v) is 7.71. The lowest BCUT2D eigenvalue weighted by Gasteiger charge is -2.43. The van der Waals surface area contributed by atoms with E-state index in [-0.39, 0.29) is 51.4 Å². The molecule has 0 aliphatic carbocycles. The Balaban J connectivity index is 1.12. The number of aromatic hydroxyl groups is 3. The summed E-state index contributed by atoms with van der Waals surface area (Å²) in [5, 5.41) is 127. The van der Waals surface area contributed by atoms with Crippen LogP contribution >= 0.6 is 0 Å². The van der Waals surface area contributed by atoms with Gasteiger partial charge in [-0.2, -0.15) is 0 Å². The van der Waals surface area contributed by atoms with Gasteiger partial charge in [0.05, 0.1) is 39.1 Å². The molecule has 4 aliphatic rings. The molecule has 3 fully saturated rings. The van der Waals surface area contributed by atoms with E-state index >= 15 is 0 Å². The van der Waals surface area contributed by atoms with Crippen LogP contribution in [0.3, 0.4) is 0 Å². The van der Waals surface area contributed by atoms with Crippen LogP contribution in [-0.4, -0.2) is 187 Å². The molecule has 7 rings (SSSR count). The van der Waals surface area contributed by atoms with E-state index in [9.17, 15) is 66.1 Å². The maximum absolute atomic E-state index is 12.6. The molecule has 366 valence electrons. The Hall–Kier alpha value is -5.51. The van der Waals surface area contributed by atoms with Gasteiger partial charge in [0, 0.05) is 23.8 Å². The number of rotatable bonds is 14. The Kier molecular flexibility index (Phi) is 15.3. The third kappa shape index (κ3) is 10.5. The lowest BCUT2D eigenvalue weighted by atomic mass is 9.97.